The van der Waals surface area contributed by atoms with Gasteiger partial charge < -0.3 is 10.1 Å². The molecule has 1 aromatic heterocycles. The Morgan fingerprint density at radius 3 is 2.73 bits per heavy atom. The van der Waals surface area contributed by atoms with Crippen molar-refractivity contribution in [2.45, 2.75) is 18.9 Å². The fourth-order valence-electron chi connectivity index (χ4n) is 1.86. The van der Waals surface area contributed by atoms with Gasteiger partial charge in [0.1, 0.15) is 5.75 Å². The Labute approximate surface area is 130 Å². The minimum Gasteiger partial charge on any atom is -0.409 e. The average Bonchev–Trinajstić information content (AvgIpc) is 2.80. The monoisotopic (exact) mass is 354 g/mol. The number of nitrogens with zero attached hydrogens (tertiary/aromatic N) is 1. The zero-order chi connectivity index (χ0) is 16.0. The van der Waals surface area contributed by atoms with E-state index in [0.717, 1.165) is 17.0 Å². The van der Waals surface area contributed by atoms with E-state index in [2.05, 4.69) is 19.8 Å². The third kappa shape index (κ3) is 3.11. The Morgan fingerprint density at radius 2 is 2.05 bits per heavy atom. The molecule has 118 valence electrons. The van der Waals surface area contributed by atoms with Crippen LogP contribution in [0.5, 0.6) is 5.75 Å². The smallest absolute Gasteiger partial charge is 0.409 e. The van der Waals surface area contributed by atoms with E-state index in [9.17, 15) is 17.6 Å². The van der Waals surface area contributed by atoms with Gasteiger partial charge in [0.25, 0.3) is 0 Å². The van der Waals surface area contributed by atoms with E-state index in [1.807, 2.05) is 0 Å². The van der Waals surface area contributed by atoms with Gasteiger partial charge in [-0.2, -0.15) is 8.78 Å². The van der Waals surface area contributed by atoms with Crippen LogP contribution in [0.3, 0.4) is 0 Å². The van der Waals surface area contributed by atoms with Gasteiger partial charge in [0.15, 0.2) is 4.47 Å². The van der Waals surface area contributed by atoms with Crippen LogP contribution in [0.2, 0.25) is 4.47 Å². The number of aromatic nitrogens is 1. The Balaban J connectivity index is 1.81. The van der Waals surface area contributed by atoms with Crippen molar-refractivity contribution in [3.8, 4) is 5.75 Å². The van der Waals surface area contributed by atoms with Crippen molar-refractivity contribution in [1.29, 1.82) is 0 Å². The van der Waals surface area contributed by atoms with Crippen LogP contribution in [-0.2, 0) is 17.4 Å². The molecule has 0 amide bonds. The van der Waals surface area contributed by atoms with Gasteiger partial charge >= 0.3 is 12.4 Å². The SMILES string of the molecule is FC1(F)Oc2ccc(NCc3cnc(Cl)s3)cc2C(F)(F)O1. The molecule has 0 radical (unpaired) electrons. The van der Waals surface area contributed by atoms with Gasteiger partial charge in [-0.05, 0) is 18.2 Å². The van der Waals surface area contributed by atoms with E-state index in [1.54, 1.807) is 6.20 Å². The standard InChI is InChI=1S/C12H7ClF4N2O2S/c13-10-19-5-7(22-10)4-18-6-1-2-9-8(3-6)11(14,15)21-12(16,17)20-9/h1-3,5,18H,4H2. The van der Waals surface area contributed by atoms with Crippen molar-refractivity contribution in [1.82, 2.24) is 4.98 Å². The first kappa shape index (κ1) is 15.3. The highest BCUT2D eigenvalue weighted by Gasteiger charge is 2.54. The summed E-state index contributed by atoms with van der Waals surface area (Å²) in [6, 6.07) is 3.37. The molecule has 1 aliphatic heterocycles. The zero-order valence-electron chi connectivity index (χ0n) is 10.6. The number of ether oxygens (including phenoxy) is 2. The number of fused-ring (bicyclic) bond motifs is 1. The summed E-state index contributed by atoms with van der Waals surface area (Å²) in [6.07, 6.45) is -6.98. The van der Waals surface area contributed by atoms with Crippen molar-refractivity contribution in [2.75, 3.05) is 5.32 Å². The van der Waals surface area contributed by atoms with Gasteiger partial charge in [-0.1, -0.05) is 11.6 Å². The second-order valence-corrected chi connectivity index (χ2v) is 6.03. The minimum atomic E-state index is -4.37. The van der Waals surface area contributed by atoms with Crippen LogP contribution in [0.4, 0.5) is 23.2 Å². The fraction of sp³-hybridized carbons (Fsp3) is 0.250. The number of benzene rings is 1. The van der Waals surface area contributed by atoms with Crippen LogP contribution in [0.15, 0.2) is 24.4 Å². The summed E-state index contributed by atoms with van der Waals surface area (Å²) in [5.74, 6) is -0.632. The first-order chi connectivity index (χ1) is 10.3. The first-order valence-electron chi connectivity index (χ1n) is 5.89. The molecular formula is C12H7ClF4N2O2S. The van der Waals surface area contributed by atoms with Gasteiger partial charge in [-0.3, -0.25) is 0 Å². The molecule has 0 unspecified atom stereocenters. The molecule has 0 saturated carbocycles. The molecule has 0 fully saturated rings. The van der Waals surface area contributed by atoms with E-state index in [4.69, 9.17) is 11.6 Å². The quantitative estimate of drug-likeness (QED) is 0.829. The third-order valence-corrected chi connectivity index (χ3v) is 3.88. The molecule has 0 saturated heterocycles. The largest absolute Gasteiger partial charge is 0.540 e. The Kier molecular flexibility index (Phi) is 3.66. The lowest BCUT2D eigenvalue weighted by molar-refractivity contribution is -0.461. The van der Waals surface area contributed by atoms with Gasteiger partial charge in [0.2, 0.25) is 0 Å². The van der Waals surface area contributed by atoms with E-state index in [-0.39, 0.29) is 0 Å². The number of alkyl halides is 4. The predicted octanol–water partition coefficient (Wildman–Crippen LogP) is 4.42. The molecule has 1 aliphatic rings. The maximum atomic E-state index is 13.6. The number of anilines is 1. The predicted molar refractivity (Wildman–Crippen MR) is 71.4 cm³/mol. The average molecular weight is 355 g/mol. The summed E-state index contributed by atoms with van der Waals surface area (Å²) in [5, 5.41) is 2.86. The number of hydrogen-bond acceptors (Lipinski definition) is 5. The van der Waals surface area contributed by atoms with Gasteiger partial charge in [-0.25, -0.2) is 9.72 Å². The number of hydrogen-bond donors (Lipinski definition) is 1. The van der Waals surface area contributed by atoms with E-state index >= 15 is 0 Å². The van der Waals surface area contributed by atoms with Crippen molar-refractivity contribution in [2.24, 2.45) is 0 Å². The molecule has 10 heteroatoms. The Morgan fingerprint density at radius 1 is 1.27 bits per heavy atom. The number of thiazole rings is 1. The Hall–Kier alpha value is -1.58. The minimum absolute atomic E-state index is 0.292. The third-order valence-electron chi connectivity index (χ3n) is 2.76. The van der Waals surface area contributed by atoms with E-state index in [1.165, 1.54) is 17.4 Å². The summed E-state index contributed by atoms with van der Waals surface area (Å²) in [5.41, 5.74) is -0.480. The second kappa shape index (κ2) is 5.25. The summed E-state index contributed by atoms with van der Waals surface area (Å²) >= 11 is 6.91. The second-order valence-electron chi connectivity index (χ2n) is 4.33. The number of nitrogens with one attached hydrogen (secondary N) is 1. The van der Waals surface area contributed by atoms with Crippen LogP contribution in [0.25, 0.3) is 0 Å². The van der Waals surface area contributed by atoms with Crippen molar-refractivity contribution in [3.63, 3.8) is 0 Å². The summed E-state index contributed by atoms with van der Waals surface area (Å²) < 4.78 is 60.8. The lowest BCUT2D eigenvalue weighted by Gasteiger charge is -2.30. The normalized spacial score (nSPS) is 18.4. The van der Waals surface area contributed by atoms with Crippen molar-refractivity contribution < 1.29 is 27.0 Å². The summed E-state index contributed by atoms with van der Waals surface area (Å²) in [6.45, 7) is 0.298. The molecule has 22 heavy (non-hydrogen) atoms. The molecule has 0 aliphatic carbocycles. The van der Waals surface area contributed by atoms with Crippen molar-refractivity contribution in [3.05, 3.63) is 39.3 Å². The van der Waals surface area contributed by atoms with Gasteiger partial charge in [0.05, 0.1) is 12.1 Å². The van der Waals surface area contributed by atoms with Crippen LogP contribution in [0.1, 0.15) is 10.4 Å². The zero-order valence-corrected chi connectivity index (χ0v) is 12.2. The topological polar surface area (TPSA) is 43.4 Å². The molecule has 1 N–H and O–H groups in total. The molecule has 0 spiro atoms. The highest BCUT2D eigenvalue weighted by atomic mass is 35.5. The molecule has 3 rings (SSSR count). The van der Waals surface area contributed by atoms with Gasteiger partial charge in [0, 0.05) is 16.8 Å². The summed E-state index contributed by atoms with van der Waals surface area (Å²) in [4.78, 5) is 4.62. The number of rotatable bonds is 3. The fourth-order valence-corrected chi connectivity index (χ4v) is 2.78. The highest BCUT2D eigenvalue weighted by Crippen LogP contribution is 2.46. The maximum absolute atomic E-state index is 13.6. The molecule has 0 bridgehead atoms. The molecular weight excluding hydrogens is 348 g/mol. The van der Waals surface area contributed by atoms with Crippen LogP contribution >= 0.6 is 22.9 Å². The first-order valence-corrected chi connectivity index (χ1v) is 7.08. The lowest BCUT2D eigenvalue weighted by Crippen LogP contribution is -2.41. The lowest BCUT2D eigenvalue weighted by atomic mass is 10.1. The number of halogens is 5. The van der Waals surface area contributed by atoms with E-state index in [0.29, 0.717) is 16.7 Å². The highest BCUT2D eigenvalue weighted by molar-refractivity contribution is 7.15. The molecule has 4 nitrogen and oxygen atoms in total. The van der Waals surface area contributed by atoms with Crippen molar-refractivity contribution >= 4 is 28.6 Å². The molecule has 2 aromatic rings. The van der Waals surface area contributed by atoms with E-state index < -0.39 is 23.7 Å². The van der Waals surface area contributed by atoms with Crippen LogP contribution in [0, 0.1) is 0 Å². The molecule has 2 heterocycles. The summed E-state index contributed by atoms with van der Waals surface area (Å²) in [7, 11) is 0. The van der Waals surface area contributed by atoms with Crippen LogP contribution < -0.4 is 10.1 Å². The Bertz CT molecular complexity index is 710. The molecule has 0 atom stereocenters. The molecule has 1 aromatic carbocycles. The van der Waals surface area contributed by atoms with Crippen LogP contribution in [-0.4, -0.2) is 11.3 Å². The van der Waals surface area contributed by atoms with Gasteiger partial charge in [-0.15, -0.1) is 20.1 Å². The maximum Gasteiger partial charge on any atom is 0.540 e.